The Labute approximate surface area is 185 Å². The lowest BCUT2D eigenvalue weighted by atomic mass is 9.94. The first-order chi connectivity index (χ1) is 14.6. The van der Waals surface area contributed by atoms with Crippen LogP contribution >= 0.6 is 23.2 Å². The number of carbonyl (C=O) groups excluding carboxylic acids is 1. The average molecular weight is 445 g/mol. The number of rotatable bonds is 6. The zero-order valence-corrected chi connectivity index (χ0v) is 17.9. The maximum absolute atomic E-state index is 12.4. The molecule has 1 aliphatic rings. The predicted octanol–water partition coefficient (Wildman–Crippen LogP) is 4.69. The minimum absolute atomic E-state index is 0.229. The standard InChI is InChI=1S/C22H22Cl2N4O2/c23-18-4-3-16(10-19(18)24)13-28-9-1-2-17(14-28)20-11-21(30-27-20)22(29)26-12-15-5-7-25-8-6-15/h3-8,10-11,17H,1-2,9,12-14H2,(H,26,29). The number of amides is 1. The smallest absolute Gasteiger partial charge is 0.290 e. The number of nitrogens with one attached hydrogen (secondary N) is 1. The zero-order valence-electron chi connectivity index (χ0n) is 16.4. The molecule has 1 amide bonds. The van der Waals surface area contributed by atoms with Gasteiger partial charge in [0.05, 0.1) is 15.7 Å². The van der Waals surface area contributed by atoms with Crippen molar-refractivity contribution in [2.24, 2.45) is 0 Å². The van der Waals surface area contributed by atoms with E-state index in [1.165, 1.54) is 0 Å². The quantitative estimate of drug-likeness (QED) is 0.596. The minimum Gasteiger partial charge on any atom is -0.351 e. The van der Waals surface area contributed by atoms with Gasteiger partial charge in [0.2, 0.25) is 5.76 Å². The zero-order chi connectivity index (χ0) is 20.9. The van der Waals surface area contributed by atoms with Crippen molar-refractivity contribution in [1.82, 2.24) is 20.4 Å². The average Bonchev–Trinajstić information content (AvgIpc) is 3.26. The SMILES string of the molecule is O=C(NCc1ccncc1)c1cc(C2CCCN(Cc3ccc(Cl)c(Cl)c3)C2)no1. The van der Waals surface area contributed by atoms with Crippen LogP contribution in [0.5, 0.6) is 0 Å². The van der Waals surface area contributed by atoms with Crippen molar-refractivity contribution in [2.45, 2.75) is 31.8 Å². The van der Waals surface area contributed by atoms with Crippen LogP contribution in [0.2, 0.25) is 10.0 Å². The number of carbonyl (C=O) groups is 1. The molecule has 0 saturated carbocycles. The van der Waals surface area contributed by atoms with Crippen molar-refractivity contribution in [3.63, 3.8) is 0 Å². The van der Waals surface area contributed by atoms with Crippen LogP contribution in [0, 0.1) is 0 Å². The molecule has 1 saturated heterocycles. The Bertz CT molecular complexity index is 1010. The molecule has 0 radical (unpaired) electrons. The van der Waals surface area contributed by atoms with Crippen molar-refractivity contribution < 1.29 is 9.32 Å². The Morgan fingerprint density at radius 3 is 2.77 bits per heavy atom. The highest BCUT2D eigenvalue weighted by molar-refractivity contribution is 6.42. The fourth-order valence-corrected chi connectivity index (χ4v) is 4.02. The second kappa shape index (κ2) is 9.60. The molecule has 0 aliphatic carbocycles. The van der Waals surface area contributed by atoms with Crippen LogP contribution in [0.1, 0.15) is 46.1 Å². The third-order valence-corrected chi connectivity index (χ3v) is 6.01. The summed E-state index contributed by atoms with van der Waals surface area (Å²) in [5, 5.41) is 8.16. The second-order valence-electron chi connectivity index (χ2n) is 7.48. The van der Waals surface area contributed by atoms with Gasteiger partial charge in [0.25, 0.3) is 5.91 Å². The summed E-state index contributed by atoms with van der Waals surface area (Å²) in [6.45, 7) is 3.07. The van der Waals surface area contributed by atoms with Crippen LogP contribution in [0.3, 0.4) is 0 Å². The first kappa shape index (κ1) is 20.8. The molecule has 1 aliphatic heterocycles. The molecule has 156 valence electrons. The van der Waals surface area contributed by atoms with Crippen molar-refractivity contribution in [1.29, 1.82) is 0 Å². The number of halogens is 2. The predicted molar refractivity (Wildman–Crippen MR) is 116 cm³/mol. The lowest BCUT2D eigenvalue weighted by molar-refractivity contribution is 0.0913. The normalized spacial score (nSPS) is 17.1. The maximum atomic E-state index is 12.4. The van der Waals surface area contributed by atoms with Gasteiger partial charge >= 0.3 is 0 Å². The van der Waals surface area contributed by atoms with Gasteiger partial charge in [-0.05, 0) is 54.8 Å². The van der Waals surface area contributed by atoms with E-state index in [0.717, 1.165) is 49.3 Å². The summed E-state index contributed by atoms with van der Waals surface area (Å²) in [5.41, 5.74) is 2.92. The monoisotopic (exact) mass is 444 g/mol. The van der Waals surface area contributed by atoms with E-state index in [1.54, 1.807) is 18.5 Å². The van der Waals surface area contributed by atoms with E-state index in [-0.39, 0.29) is 17.6 Å². The van der Waals surface area contributed by atoms with E-state index in [1.807, 2.05) is 30.3 Å². The van der Waals surface area contributed by atoms with Gasteiger partial charge in [-0.15, -0.1) is 0 Å². The van der Waals surface area contributed by atoms with Gasteiger partial charge in [-0.25, -0.2) is 0 Å². The van der Waals surface area contributed by atoms with Crippen molar-refractivity contribution in [3.05, 3.63) is 81.4 Å². The van der Waals surface area contributed by atoms with E-state index < -0.39 is 0 Å². The Kier molecular flexibility index (Phi) is 6.67. The lowest BCUT2D eigenvalue weighted by Gasteiger charge is -2.31. The summed E-state index contributed by atoms with van der Waals surface area (Å²) < 4.78 is 5.33. The molecular weight excluding hydrogens is 423 g/mol. The van der Waals surface area contributed by atoms with Gasteiger partial charge in [-0.2, -0.15) is 0 Å². The van der Waals surface area contributed by atoms with Crippen molar-refractivity contribution >= 4 is 29.1 Å². The fraction of sp³-hybridized carbons (Fsp3) is 0.318. The van der Waals surface area contributed by atoms with Crippen molar-refractivity contribution in [3.8, 4) is 0 Å². The summed E-state index contributed by atoms with van der Waals surface area (Å²) in [6, 6.07) is 11.2. The maximum Gasteiger partial charge on any atom is 0.290 e. The Balaban J connectivity index is 1.35. The highest BCUT2D eigenvalue weighted by atomic mass is 35.5. The molecule has 1 unspecified atom stereocenters. The first-order valence-electron chi connectivity index (χ1n) is 9.88. The van der Waals surface area contributed by atoms with Crippen LogP contribution in [0.4, 0.5) is 0 Å². The van der Waals surface area contributed by atoms with Crippen molar-refractivity contribution in [2.75, 3.05) is 13.1 Å². The molecule has 3 aromatic rings. The molecule has 1 N–H and O–H groups in total. The molecule has 1 atom stereocenters. The Morgan fingerprint density at radius 1 is 1.13 bits per heavy atom. The molecule has 6 nitrogen and oxygen atoms in total. The summed E-state index contributed by atoms with van der Waals surface area (Å²) in [6.07, 6.45) is 5.46. The molecule has 1 aromatic carbocycles. The Morgan fingerprint density at radius 2 is 1.97 bits per heavy atom. The number of aromatic nitrogens is 2. The lowest BCUT2D eigenvalue weighted by Crippen LogP contribution is -2.34. The topological polar surface area (TPSA) is 71.3 Å². The molecular formula is C22H22Cl2N4O2. The van der Waals surface area contributed by atoms with Crippen LogP contribution in [-0.2, 0) is 13.1 Å². The number of likely N-dealkylation sites (tertiary alicyclic amines) is 1. The van der Waals surface area contributed by atoms with E-state index in [9.17, 15) is 4.79 Å². The van der Waals surface area contributed by atoms with Gasteiger partial charge in [0, 0.05) is 44.0 Å². The summed E-state index contributed by atoms with van der Waals surface area (Å²) in [7, 11) is 0. The van der Waals surface area contributed by atoms with E-state index in [0.29, 0.717) is 16.6 Å². The molecule has 1 fully saturated rings. The number of piperidine rings is 1. The van der Waals surface area contributed by atoms with Gasteiger partial charge < -0.3 is 9.84 Å². The van der Waals surface area contributed by atoms with E-state index >= 15 is 0 Å². The minimum atomic E-state index is -0.269. The molecule has 8 heteroatoms. The molecule has 2 aromatic heterocycles. The number of hydrogen-bond acceptors (Lipinski definition) is 5. The highest BCUT2D eigenvalue weighted by Gasteiger charge is 2.25. The summed E-state index contributed by atoms with van der Waals surface area (Å²) in [5.74, 6) is 0.196. The highest BCUT2D eigenvalue weighted by Crippen LogP contribution is 2.29. The number of pyridine rings is 1. The van der Waals surface area contributed by atoms with Crippen LogP contribution < -0.4 is 5.32 Å². The van der Waals surface area contributed by atoms with Crippen LogP contribution in [0.25, 0.3) is 0 Å². The summed E-state index contributed by atoms with van der Waals surface area (Å²) >= 11 is 12.2. The van der Waals surface area contributed by atoms with E-state index in [2.05, 4.69) is 20.4 Å². The first-order valence-corrected chi connectivity index (χ1v) is 10.6. The largest absolute Gasteiger partial charge is 0.351 e. The number of nitrogens with zero attached hydrogens (tertiary/aromatic N) is 3. The number of hydrogen-bond donors (Lipinski definition) is 1. The Hall–Kier alpha value is -2.41. The third kappa shape index (κ3) is 5.19. The van der Waals surface area contributed by atoms with Gasteiger partial charge in [-0.1, -0.05) is 34.4 Å². The van der Waals surface area contributed by atoms with Crippen LogP contribution in [0.15, 0.2) is 53.3 Å². The molecule has 3 heterocycles. The van der Waals surface area contributed by atoms with Gasteiger partial charge in [0.1, 0.15) is 0 Å². The summed E-state index contributed by atoms with van der Waals surface area (Å²) in [4.78, 5) is 18.7. The molecule has 0 spiro atoms. The number of benzene rings is 1. The molecule has 0 bridgehead atoms. The van der Waals surface area contributed by atoms with Crippen LogP contribution in [-0.4, -0.2) is 34.0 Å². The third-order valence-electron chi connectivity index (χ3n) is 5.27. The fourth-order valence-electron chi connectivity index (χ4n) is 3.70. The molecule has 4 rings (SSSR count). The van der Waals surface area contributed by atoms with E-state index in [4.69, 9.17) is 27.7 Å². The van der Waals surface area contributed by atoms with Gasteiger partial charge in [-0.3, -0.25) is 14.7 Å². The second-order valence-corrected chi connectivity index (χ2v) is 8.29. The molecule has 30 heavy (non-hydrogen) atoms. The van der Waals surface area contributed by atoms with Gasteiger partial charge in [0.15, 0.2) is 0 Å².